The first-order valence-corrected chi connectivity index (χ1v) is 8.42. The number of nitrogens with one attached hydrogen (secondary N) is 2. The molecule has 2 aromatic carbocycles. The van der Waals surface area contributed by atoms with Crippen LogP contribution in [-0.4, -0.2) is 35.8 Å². The van der Waals surface area contributed by atoms with Crippen molar-refractivity contribution in [2.75, 3.05) is 19.0 Å². The lowest BCUT2D eigenvalue weighted by Crippen LogP contribution is -2.26. The monoisotopic (exact) mass is 386 g/mol. The third kappa shape index (κ3) is 4.97. The van der Waals surface area contributed by atoms with Gasteiger partial charge >= 0.3 is 5.69 Å². The number of carbonyl (C=O) groups excluding carboxylic acids is 1. The molecule has 2 aromatic rings. The van der Waals surface area contributed by atoms with Crippen LogP contribution in [0.25, 0.3) is 0 Å². The fraction of sp³-hybridized carbons (Fsp3) is 0.263. The molecule has 148 valence electrons. The van der Waals surface area contributed by atoms with Gasteiger partial charge in [0.05, 0.1) is 24.8 Å². The summed E-state index contributed by atoms with van der Waals surface area (Å²) in [5, 5.41) is 27.6. The summed E-state index contributed by atoms with van der Waals surface area (Å²) >= 11 is 0. The van der Waals surface area contributed by atoms with Crippen LogP contribution >= 0.6 is 0 Å². The molecule has 0 bridgehead atoms. The summed E-state index contributed by atoms with van der Waals surface area (Å²) in [5.41, 5.74) is 6.24. The second-order valence-corrected chi connectivity index (χ2v) is 6.27. The lowest BCUT2D eigenvalue weighted by molar-refractivity contribution is -0.386. The number of hydrazone groups is 1. The normalized spacial score (nSPS) is 10.7. The number of nitrogens with zero attached hydrogens (tertiary/aromatic N) is 2. The highest BCUT2D eigenvalue weighted by Gasteiger charge is 2.19. The maximum absolute atomic E-state index is 12.0. The predicted molar refractivity (Wildman–Crippen MR) is 106 cm³/mol. The molecule has 2 rings (SSSR count). The van der Waals surface area contributed by atoms with Gasteiger partial charge in [0.25, 0.3) is 5.91 Å². The number of aryl methyl sites for hydroxylation is 3. The highest BCUT2D eigenvalue weighted by Crippen LogP contribution is 2.36. The number of anilines is 1. The number of phenolic OH excluding ortho intramolecular Hbond substituents is 1. The largest absolute Gasteiger partial charge is 0.500 e. The van der Waals surface area contributed by atoms with Crippen molar-refractivity contribution in [2.45, 2.75) is 20.8 Å². The second-order valence-electron chi connectivity index (χ2n) is 6.27. The van der Waals surface area contributed by atoms with Gasteiger partial charge in [0.1, 0.15) is 0 Å². The van der Waals surface area contributed by atoms with E-state index in [2.05, 4.69) is 15.8 Å². The van der Waals surface area contributed by atoms with Crippen LogP contribution < -0.4 is 15.5 Å². The van der Waals surface area contributed by atoms with Crippen LogP contribution in [0.1, 0.15) is 22.3 Å². The molecule has 3 N–H and O–H groups in total. The van der Waals surface area contributed by atoms with E-state index in [1.807, 2.05) is 32.9 Å². The third-order valence-electron chi connectivity index (χ3n) is 4.00. The van der Waals surface area contributed by atoms with Crippen molar-refractivity contribution in [1.82, 2.24) is 5.43 Å². The first-order chi connectivity index (χ1) is 13.2. The number of rotatable bonds is 7. The summed E-state index contributed by atoms with van der Waals surface area (Å²) in [4.78, 5) is 22.2. The van der Waals surface area contributed by atoms with E-state index < -0.39 is 16.4 Å². The Balaban J connectivity index is 2.02. The Labute approximate surface area is 162 Å². The fourth-order valence-electron chi connectivity index (χ4n) is 2.83. The maximum atomic E-state index is 12.0. The molecule has 0 unspecified atom stereocenters. The zero-order valence-corrected chi connectivity index (χ0v) is 16.1. The van der Waals surface area contributed by atoms with Gasteiger partial charge in [0.15, 0.2) is 5.75 Å². The van der Waals surface area contributed by atoms with Gasteiger partial charge in [-0.05, 0) is 38.0 Å². The number of hydrogen-bond donors (Lipinski definition) is 3. The summed E-state index contributed by atoms with van der Waals surface area (Å²) in [6.45, 7) is 5.95. The number of aromatic hydroxyl groups is 1. The third-order valence-corrected chi connectivity index (χ3v) is 4.00. The molecule has 0 atom stereocenters. The molecule has 0 aromatic heterocycles. The van der Waals surface area contributed by atoms with Gasteiger partial charge in [-0.25, -0.2) is 5.43 Å². The van der Waals surface area contributed by atoms with Crippen LogP contribution in [0, 0.1) is 30.9 Å². The molecule has 0 saturated heterocycles. The molecule has 0 spiro atoms. The number of methoxy groups -OCH3 is 1. The van der Waals surface area contributed by atoms with E-state index in [9.17, 15) is 20.0 Å². The molecule has 9 nitrogen and oxygen atoms in total. The van der Waals surface area contributed by atoms with Crippen LogP contribution in [-0.2, 0) is 4.79 Å². The fourth-order valence-corrected chi connectivity index (χ4v) is 2.83. The van der Waals surface area contributed by atoms with Gasteiger partial charge in [-0.15, -0.1) is 0 Å². The summed E-state index contributed by atoms with van der Waals surface area (Å²) in [6, 6.07) is 6.55. The van der Waals surface area contributed by atoms with E-state index >= 15 is 0 Å². The van der Waals surface area contributed by atoms with E-state index in [-0.39, 0.29) is 18.2 Å². The zero-order valence-electron chi connectivity index (χ0n) is 16.1. The molecule has 0 aliphatic rings. The molecule has 0 aliphatic heterocycles. The Kier molecular flexibility index (Phi) is 6.54. The number of nitro benzene ring substituents is 1. The van der Waals surface area contributed by atoms with E-state index in [0.29, 0.717) is 5.56 Å². The second kappa shape index (κ2) is 8.85. The van der Waals surface area contributed by atoms with Gasteiger partial charge < -0.3 is 15.2 Å². The van der Waals surface area contributed by atoms with Gasteiger partial charge in [0.2, 0.25) is 5.75 Å². The minimum absolute atomic E-state index is 0.0150. The number of carbonyl (C=O) groups is 1. The minimum Gasteiger partial charge on any atom is -0.500 e. The summed E-state index contributed by atoms with van der Waals surface area (Å²) in [5.74, 6) is -1.01. The van der Waals surface area contributed by atoms with E-state index in [4.69, 9.17) is 4.74 Å². The van der Waals surface area contributed by atoms with Crippen molar-refractivity contribution in [1.29, 1.82) is 0 Å². The smallest absolute Gasteiger partial charge is 0.315 e. The van der Waals surface area contributed by atoms with Crippen LogP contribution in [0.15, 0.2) is 29.4 Å². The number of amides is 1. The molecule has 0 heterocycles. The van der Waals surface area contributed by atoms with Gasteiger partial charge in [0, 0.05) is 17.3 Å². The van der Waals surface area contributed by atoms with E-state index in [1.54, 1.807) is 0 Å². The quantitative estimate of drug-likeness (QED) is 0.382. The number of phenols is 1. The number of nitro groups is 1. The highest BCUT2D eigenvalue weighted by atomic mass is 16.6. The molecular weight excluding hydrogens is 364 g/mol. The highest BCUT2D eigenvalue weighted by molar-refractivity contribution is 5.86. The average Bonchev–Trinajstić information content (AvgIpc) is 2.61. The number of benzene rings is 2. The molecule has 0 saturated carbocycles. The molecule has 1 amide bonds. The van der Waals surface area contributed by atoms with Crippen LogP contribution in [0.3, 0.4) is 0 Å². The number of hydrogen-bond acceptors (Lipinski definition) is 7. The Bertz CT molecular complexity index is 917. The first kappa shape index (κ1) is 20.7. The number of ether oxygens (including phenoxy) is 1. The van der Waals surface area contributed by atoms with E-state index in [1.165, 1.54) is 19.4 Å². The zero-order chi connectivity index (χ0) is 20.8. The Hall–Kier alpha value is -3.62. The Morgan fingerprint density at radius 2 is 1.89 bits per heavy atom. The topological polar surface area (TPSA) is 126 Å². The summed E-state index contributed by atoms with van der Waals surface area (Å²) in [7, 11) is 1.28. The van der Waals surface area contributed by atoms with Crippen LogP contribution in [0.5, 0.6) is 11.5 Å². The minimum atomic E-state index is -0.732. The van der Waals surface area contributed by atoms with Crippen LogP contribution in [0.4, 0.5) is 11.4 Å². The first-order valence-electron chi connectivity index (χ1n) is 8.42. The summed E-state index contributed by atoms with van der Waals surface area (Å²) in [6.07, 6.45) is 1.23. The van der Waals surface area contributed by atoms with Gasteiger partial charge in [-0.3, -0.25) is 14.9 Å². The van der Waals surface area contributed by atoms with Crippen molar-refractivity contribution in [3.63, 3.8) is 0 Å². The van der Waals surface area contributed by atoms with Gasteiger partial charge in [-0.1, -0.05) is 17.7 Å². The van der Waals surface area contributed by atoms with E-state index in [0.717, 1.165) is 28.4 Å². The van der Waals surface area contributed by atoms with Crippen molar-refractivity contribution in [3.05, 3.63) is 56.6 Å². The Morgan fingerprint density at radius 3 is 2.46 bits per heavy atom. The SMILES string of the molecule is COc1cc(/C=N/NC(=O)CNc2c(C)cc(C)cc2C)cc([N+](=O)[O-])c1O. The molecular formula is C19H22N4O5. The Morgan fingerprint density at radius 1 is 1.25 bits per heavy atom. The standard InChI is InChI=1S/C19H22N4O5/c1-11-5-12(2)18(13(3)6-11)20-10-17(24)22-21-9-14-7-15(23(26)27)19(25)16(8-14)28-4/h5-9,20,25H,10H2,1-4H3,(H,22,24)/b21-9+. The average molecular weight is 386 g/mol. The lowest BCUT2D eigenvalue weighted by Gasteiger charge is -2.13. The molecule has 0 radical (unpaired) electrons. The predicted octanol–water partition coefficient (Wildman–Crippen LogP) is 2.80. The molecule has 9 heteroatoms. The summed E-state index contributed by atoms with van der Waals surface area (Å²) < 4.78 is 4.91. The lowest BCUT2D eigenvalue weighted by atomic mass is 10.1. The molecule has 28 heavy (non-hydrogen) atoms. The van der Waals surface area contributed by atoms with Crippen molar-refractivity contribution in [2.24, 2.45) is 5.10 Å². The van der Waals surface area contributed by atoms with Crippen molar-refractivity contribution < 1.29 is 19.6 Å². The molecule has 0 aliphatic carbocycles. The van der Waals surface area contributed by atoms with Crippen molar-refractivity contribution >= 4 is 23.5 Å². The van der Waals surface area contributed by atoms with Crippen LogP contribution in [0.2, 0.25) is 0 Å². The van der Waals surface area contributed by atoms with Crippen molar-refractivity contribution in [3.8, 4) is 11.5 Å². The molecule has 0 fully saturated rings. The van der Waals surface area contributed by atoms with Gasteiger partial charge in [-0.2, -0.15) is 5.10 Å². The maximum Gasteiger partial charge on any atom is 0.315 e.